The summed E-state index contributed by atoms with van der Waals surface area (Å²) in [5.41, 5.74) is 6.81. The van der Waals surface area contributed by atoms with Gasteiger partial charge in [0.1, 0.15) is 12.0 Å². The number of furan rings is 1. The van der Waals surface area contributed by atoms with Crippen LogP contribution in [0.1, 0.15) is 35.9 Å². The number of nitrogens with two attached hydrogens (primary N) is 1. The minimum atomic E-state index is -3.34. The molecule has 0 spiro atoms. The van der Waals surface area contributed by atoms with Gasteiger partial charge in [0.05, 0.1) is 17.9 Å². The Balaban J connectivity index is 0.00000312. The molecule has 9 heteroatoms. The lowest BCUT2D eigenvalue weighted by atomic mass is 10.2. The third-order valence-corrected chi connectivity index (χ3v) is 4.67. The van der Waals surface area contributed by atoms with Gasteiger partial charge in [-0.1, -0.05) is 13.3 Å². The van der Waals surface area contributed by atoms with Gasteiger partial charge in [0.2, 0.25) is 10.0 Å². The van der Waals surface area contributed by atoms with Crippen molar-refractivity contribution in [3.05, 3.63) is 47.9 Å². The molecule has 4 N–H and O–H groups in total. The zero-order valence-electron chi connectivity index (χ0n) is 13.8. The minimum Gasteiger partial charge on any atom is -0.467 e. The number of rotatable bonds is 8. The van der Waals surface area contributed by atoms with E-state index in [0.29, 0.717) is 29.1 Å². The van der Waals surface area contributed by atoms with Crippen molar-refractivity contribution in [1.82, 2.24) is 0 Å². The van der Waals surface area contributed by atoms with Crippen LogP contribution in [-0.4, -0.2) is 20.1 Å². The Kier molecular flexibility index (Phi) is 7.95. The van der Waals surface area contributed by atoms with Crippen molar-refractivity contribution in [2.45, 2.75) is 26.3 Å². The number of sulfonamides is 1. The zero-order chi connectivity index (χ0) is 17.6. The van der Waals surface area contributed by atoms with Gasteiger partial charge in [-0.05, 0) is 36.8 Å². The molecule has 2 aromatic rings. The molecule has 0 aliphatic rings. The molecule has 1 amide bonds. The van der Waals surface area contributed by atoms with Gasteiger partial charge >= 0.3 is 0 Å². The second-order valence-corrected chi connectivity index (χ2v) is 7.15. The minimum absolute atomic E-state index is 0. The highest BCUT2D eigenvalue weighted by Gasteiger charge is 2.11. The third-order valence-electron chi connectivity index (χ3n) is 3.30. The molecule has 0 aliphatic heterocycles. The summed E-state index contributed by atoms with van der Waals surface area (Å²) in [6.45, 7) is 2.16. The molecular weight excluding hydrogens is 366 g/mol. The van der Waals surface area contributed by atoms with Crippen molar-refractivity contribution < 1.29 is 17.6 Å². The van der Waals surface area contributed by atoms with E-state index in [1.165, 1.54) is 6.26 Å². The van der Waals surface area contributed by atoms with Crippen LogP contribution in [0.2, 0.25) is 0 Å². The Morgan fingerprint density at radius 2 is 1.84 bits per heavy atom. The highest BCUT2D eigenvalue weighted by atomic mass is 35.5. The fourth-order valence-corrected chi connectivity index (χ4v) is 3.26. The molecule has 0 bridgehead atoms. The van der Waals surface area contributed by atoms with Gasteiger partial charge in [-0.2, -0.15) is 0 Å². The number of anilines is 2. The first kappa shape index (κ1) is 21.0. The molecule has 138 valence electrons. The van der Waals surface area contributed by atoms with Crippen LogP contribution in [-0.2, 0) is 16.6 Å². The first-order valence-corrected chi connectivity index (χ1v) is 9.28. The lowest BCUT2D eigenvalue weighted by Gasteiger charge is -2.09. The molecule has 0 aliphatic carbocycles. The number of hydrogen-bond acceptors (Lipinski definition) is 5. The van der Waals surface area contributed by atoms with Crippen molar-refractivity contribution in [3.8, 4) is 0 Å². The number of carbonyl (C=O) groups is 1. The van der Waals surface area contributed by atoms with E-state index in [1.54, 1.807) is 30.3 Å². The molecule has 0 unspecified atom stereocenters. The summed E-state index contributed by atoms with van der Waals surface area (Å²) in [6, 6.07) is 8.02. The summed E-state index contributed by atoms with van der Waals surface area (Å²) in [6.07, 6.45) is 2.76. The number of halogens is 1. The van der Waals surface area contributed by atoms with Crippen LogP contribution in [0.25, 0.3) is 0 Å². The molecule has 0 radical (unpaired) electrons. The number of benzene rings is 1. The highest BCUT2D eigenvalue weighted by Crippen LogP contribution is 2.17. The zero-order valence-corrected chi connectivity index (χ0v) is 15.5. The van der Waals surface area contributed by atoms with E-state index in [0.717, 1.165) is 6.42 Å². The SMILES string of the molecule is CCCCS(=O)(=O)Nc1ccc(NC(=O)c2coc(CN)c2)cc1.Cl. The molecule has 0 saturated carbocycles. The maximum absolute atomic E-state index is 12.1. The molecule has 1 heterocycles. The summed E-state index contributed by atoms with van der Waals surface area (Å²) in [5.74, 6) is 0.290. The topological polar surface area (TPSA) is 114 Å². The standard InChI is InChI=1S/C16H21N3O4S.ClH/c1-2-3-8-24(21,22)19-14-6-4-13(5-7-14)18-16(20)12-9-15(10-17)23-11-12;/h4-7,9,11,19H,2-3,8,10,17H2,1H3,(H,18,20);1H. The molecule has 7 nitrogen and oxygen atoms in total. The van der Waals surface area contributed by atoms with Gasteiger partial charge in [0.25, 0.3) is 5.91 Å². The Labute approximate surface area is 153 Å². The molecular formula is C16H22ClN3O4S. The maximum atomic E-state index is 12.1. The van der Waals surface area contributed by atoms with Crippen LogP contribution in [0.4, 0.5) is 11.4 Å². The Morgan fingerprint density at radius 3 is 2.40 bits per heavy atom. The molecule has 0 atom stereocenters. The van der Waals surface area contributed by atoms with E-state index in [9.17, 15) is 13.2 Å². The van der Waals surface area contributed by atoms with Crippen molar-refractivity contribution in [2.24, 2.45) is 5.73 Å². The smallest absolute Gasteiger partial charge is 0.258 e. The van der Waals surface area contributed by atoms with Gasteiger partial charge in [0.15, 0.2) is 0 Å². The molecule has 0 fully saturated rings. The lowest BCUT2D eigenvalue weighted by Crippen LogP contribution is -2.16. The summed E-state index contributed by atoms with van der Waals surface area (Å²) in [5, 5.41) is 2.70. The highest BCUT2D eigenvalue weighted by molar-refractivity contribution is 7.92. The van der Waals surface area contributed by atoms with Crippen molar-refractivity contribution in [3.63, 3.8) is 0 Å². The van der Waals surface area contributed by atoms with Crippen LogP contribution < -0.4 is 15.8 Å². The van der Waals surface area contributed by atoms with Crippen LogP contribution in [0, 0.1) is 0 Å². The second kappa shape index (κ2) is 9.45. The number of nitrogens with one attached hydrogen (secondary N) is 2. The number of carbonyl (C=O) groups excluding carboxylic acids is 1. The average molecular weight is 388 g/mol. The largest absolute Gasteiger partial charge is 0.467 e. The normalized spacial score (nSPS) is 10.8. The van der Waals surface area contributed by atoms with Crippen LogP contribution in [0.5, 0.6) is 0 Å². The summed E-state index contributed by atoms with van der Waals surface area (Å²) in [4.78, 5) is 12.1. The molecule has 1 aromatic carbocycles. The first-order valence-electron chi connectivity index (χ1n) is 7.63. The number of unbranched alkanes of at least 4 members (excludes halogenated alkanes) is 1. The second-order valence-electron chi connectivity index (χ2n) is 5.31. The summed E-state index contributed by atoms with van der Waals surface area (Å²) < 4.78 is 31.3. The van der Waals surface area contributed by atoms with E-state index in [4.69, 9.17) is 10.2 Å². The fourth-order valence-electron chi connectivity index (χ4n) is 2.00. The van der Waals surface area contributed by atoms with Crippen LogP contribution in [0.3, 0.4) is 0 Å². The van der Waals surface area contributed by atoms with E-state index in [-0.39, 0.29) is 30.6 Å². The predicted octanol–water partition coefficient (Wildman–Crippen LogP) is 2.95. The molecule has 25 heavy (non-hydrogen) atoms. The average Bonchev–Trinajstić information content (AvgIpc) is 3.04. The van der Waals surface area contributed by atoms with Crippen LogP contribution >= 0.6 is 12.4 Å². The predicted molar refractivity (Wildman–Crippen MR) is 101 cm³/mol. The van der Waals surface area contributed by atoms with E-state index < -0.39 is 10.0 Å². The van der Waals surface area contributed by atoms with E-state index in [2.05, 4.69) is 10.0 Å². The lowest BCUT2D eigenvalue weighted by molar-refractivity contribution is 0.102. The summed E-state index contributed by atoms with van der Waals surface area (Å²) >= 11 is 0. The molecule has 0 saturated heterocycles. The van der Waals surface area contributed by atoms with Gasteiger partial charge < -0.3 is 15.5 Å². The van der Waals surface area contributed by atoms with E-state index in [1.807, 2.05) is 6.92 Å². The maximum Gasteiger partial charge on any atom is 0.258 e. The number of hydrogen-bond donors (Lipinski definition) is 3. The van der Waals surface area contributed by atoms with Crippen molar-refractivity contribution in [2.75, 3.05) is 15.8 Å². The quantitative estimate of drug-likeness (QED) is 0.644. The first-order chi connectivity index (χ1) is 11.4. The number of amides is 1. The Morgan fingerprint density at radius 1 is 1.20 bits per heavy atom. The molecule has 2 rings (SSSR count). The Hall–Kier alpha value is -2.03. The monoisotopic (exact) mass is 387 g/mol. The molecule has 1 aromatic heterocycles. The van der Waals surface area contributed by atoms with Crippen molar-refractivity contribution in [1.29, 1.82) is 0 Å². The van der Waals surface area contributed by atoms with Crippen LogP contribution in [0.15, 0.2) is 41.0 Å². The van der Waals surface area contributed by atoms with Crippen molar-refractivity contribution >= 4 is 39.7 Å². The van der Waals surface area contributed by atoms with Gasteiger partial charge in [-0.3, -0.25) is 9.52 Å². The summed E-state index contributed by atoms with van der Waals surface area (Å²) in [7, 11) is -3.34. The van der Waals surface area contributed by atoms with Gasteiger partial charge in [-0.15, -0.1) is 12.4 Å². The fraction of sp³-hybridized carbons (Fsp3) is 0.312. The van der Waals surface area contributed by atoms with Gasteiger partial charge in [0, 0.05) is 11.4 Å². The van der Waals surface area contributed by atoms with E-state index >= 15 is 0 Å². The third kappa shape index (κ3) is 6.41. The Bertz CT molecular complexity index is 788. The van der Waals surface area contributed by atoms with Gasteiger partial charge in [-0.25, -0.2) is 8.42 Å².